The highest BCUT2D eigenvalue weighted by Gasteiger charge is 2.32. The van der Waals surface area contributed by atoms with E-state index in [1.807, 2.05) is 0 Å². The van der Waals surface area contributed by atoms with Crippen LogP contribution in [-0.4, -0.2) is 5.25 Å². The molecule has 20 heavy (non-hydrogen) atoms. The molecule has 3 rings (SSSR count). The SMILES string of the molecule is CC(C)C1=C2SC(C(C)C)C=C2C(c2ccccc2)=C1. The third-order valence-electron chi connectivity index (χ3n) is 4.05. The van der Waals surface area contributed by atoms with Gasteiger partial charge in [0.15, 0.2) is 0 Å². The van der Waals surface area contributed by atoms with Crippen LogP contribution < -0.4 is 0 Å². The molecule has 1 aliphatic heterocycles. The molecule has 1 aromatic rings. The van der Waals surface area contributed by atoms with Crippen LogP contribution in [0.3, 0.4) is 0 Å². The van der Waals surface area contributed by atoms with Gasteiger partial charge in [0.1, 0.15) is 0 Å². The van der Waals surface area contributed by atoms with Gasteiger partial charge in [-0.1, -0.05) is 64.1 Å². The van der Waals surface area contributed by atoms with Crippen molar-refractivity contribution in [2.45, 2.75) is 32.9 Å². The van der Waals surface area contributed by atoms with Crippen LogP contribution in [0, 0.1) is 11.8 Å². The molecule has 1 aromatic carbocycles. The highest BCUT2D eigenvalue weighted by molar-refractivity contribution is 8.04. The summed E-state index contributed by atoms with van der Waals surface area (Å²) in [4.78, 5) is 1.53. The van der Waals surface area contributed by atoms with Crippen LogP contribution in [-0.2, 0) is 0 Å². The largest absolute Gasteiger partial charge is 0.117 e. The highest BCUT2D eigenvalue weighted by Crippen LogP contribution is 2.52. The van der Waals surface area contributed by atoms with Crippen LogP contribution in [0.5, 0.6) is 0 Å². The molecule has 0 radical (unpaired) electrons. The molecule has 1 heteroatoms. The Kier molecular flexibility index (Phi) is 3.64. The lowest BCUT2D eigenvalue weighted by Gasteiger charge is -2.13. The van der Waals surface area contributed by atoms with Crippen LogP contribution >= 0.6 is 11.8 Å². The van der Waals surface area contributed by atoms with Crippen molar-refractivity contribution in [2.75, 3.05) is 0 Å². The van der Waals surface area contributed by atoms with Gasteiger partial charge in [-0.05, 0) is 40.2 Å². The van der Waals surface area contributed by atoms with Gasteiger partial charge in [0.25, 0.3) is 0 Å². The molecule has 0 N–H and O–H groups in total. The lowest BCUT2D eigenvalue weighted by Crippen LogP contribution is -2.04. The first-order chi connectivity index (χ1) is 9.58. The van der Waals surface area contributed by atoms with Gasteiger partial charge in [-0.15, -0.1) is 11.8 Å². The van der Waals surface area contributed by atoms with Crippen molar-refractivity contribution in [1.82, 2.24) is 0 Å². The molecular weight excluding hydrogens is 260 g/mol. The summed E-state index contributed by atoms with van der Waals surface area (Å²) in [5.74, 6) is 1.28. The van der Waals surface area contributed by atoms with Gasteiger partial charge in [0.2, 0.25) is 0 Å². The Morgan fingerprint density at radius 1 is 0.950 bits per heavy atom. The minimum atomic E-state index is 0.591. The van der Waals surface area contributed by atoms with Gasteiger partial charge in [-0.3, -0.25) is 0 Å². The maximum Gasteiger partial charge on any atom is 0.0307 e. The summed E-state index contributed by atoms with van der Waals surface area (Å²) in [6.45, 7) is 9.23. The van der Waals surface area contributed by atoms with Gasteiger partial charge in [0.05, 0.1) is 0 Å². The zero-order valence-electron chi connectivity index (χ0n) is 12.7. The normalized spacial score (nSPS) is 21.6. The van der Waals surface area contributed by atoms with Crippen LogP contribution in [0.4, 0.5) is 0 Å². The van der Waals surface area contributed by atoms with Gasteiger partial charge < -0.3 is 0 Å². The van der Waals surface area contributed by atoms with Crippen molar-refractivity contribution in [1.29, 1.82) is 0 Å². The van der Waals surface area contributed by atoms with Crippen molar-refractivity contribution in [2.24, 2.45) is 11.8 Å². The molecule has 0 aromatic heterocycles. The van der Waals surface area contributed by atoms with Crippen molar-refractivity contribution in [3.63, 3.8) is 0 Å². The Hall–Kier alpha value is -1.21. The minimum absolute atomic E-state index is 0.591. The number of thioether (sulfide) groups is 1. The fourth-order valence-corrected chi connectivity index (χ4v) is 4.31. The smallest absolute Gasteiger partial charge is 0.0307 e. The summed E-state index contributed by atoms with van der Waals surface area (Å²) in [7, 11) is 0. The van der Waals surface area contributed by atoms with Crippen molar-refractivity contribution >= 4 is 17.3 Å². The number of hydrogen-bond acceptors (Lipinski definition) is 1. The maximum atomic E-state index is 2.48. The Morgan fingerprint density at radius 3 is 2.25 bits per heavy atom. The zero-order chi connectivity index (χ0) is 14.3. The molecule has 1 heterocycles. The maximum absolute atomic E-state index is 2.48. The summed E-state index contributed by atoms with van der Waals surface area (Å²) in [5.41, 5.74) is 5.75. The molecule has 0 amide bonds. The number of fused-ring (bicyclic) bond motifs is 1. The second kappa shape index (κ2) is 5.29. The molecule has 0 nitrogen and oxygen atoms in total. The third-order valence-corrected chi connectivity index (χ3v) is 5.69. The number of allylic oxidation sites excluding steroid dienone is 4. The average Bonchev–Trinajstić information content (AvgIpc) is 2.97. The first kappa shape index (κ1) is 13.8. The lowest BCUT2D eigenvalue weighted by atomic mass is 9.98. The van der Waals surface area contributed by atoms with E-state index in [-0.39, 0.29) is 0 Å². The van der Waals surface area contributed by atoms with E-state index >= 15 is 0 Å². The first-order valence-electron chi connectivity index (χ1n) is 7.48. The number of hydrogen-bond donors (Lipinski definition) is 0. The molecule has 0 spiro atoms. The molecule has 1 aliphatic carbocycles. The quantitative estimate of drug-likeness (QED) is 0.686. The summed E-state index contributed by atoms with van der Waals surface area (Å²) in [5, 5.41) is 0.626. The second-order valence-electron chi connectivity index (χ2n) is 6.27. The van der Waals surface area contributed by atoms with Gasteiger partial charge >= 0.3 is 0 Å². The second-order valence-corrected chi connectivity index (χ2v) is 7.46. The van der Waals surface area contributed by atoms with E-state index in [1.54, 1.807) is 0 Å². The molecule has 0 bridgehead atoms. The fraction of sp³-hybridized carbons (Fsp3) is 0.368. The highest BCUT2D eigenvalue weighted by atomic mass is 32.2. The fourth-order valence-electron chi connectivity index (χ4n) is 2.82. The van der Waals surface area contributed by atoms with Crippen LogP contribution in [0.1, 0.15) is 33.3 Å². The van der Waals surface area contributed by atoms with E-state index in [1.165, 1.54) is 27.2 Å². The summed E-state index contributed by atoms with van der Waals surface area (Å²) >= 11 is 2.06. The van der Waals surface area contributed by atoms with E-state index in [0.29, 0.717) is 17.1 Å². The Balaban J connectivity index is 2.06. The van der Waals surface area contributed by atoms with Crippen molar-refractivity contribution in [3.05, 3.63) is 64.1 Å². The van der Waals surface area contributed by atoms with Crippen LogP contribution in [0.25, 0.3) is 5.57 Å². The third kappa shape index (κ3) is 2.29. The Bertz CT molecular complexity index is 600. The molecule has 1 atom stereocenters. The standard InChI is InChI=1S/C19H22S/c1-12(2)15-10-16(14-8-6-5-7-9-14)17-11-18(13(3)4)20-19(15)17/h5-13,18H,1-4H3. The topological polar surface area (TPSA) is 0 Å². The predicted octanol–water partition coefficient (Wildman–Crippen LogP) is 5.69. The number of rotatable bonds is 3. The number of benzene rings is 1. The van der Waals surface area contributed by atoms with Gasteiger partial charge in [-0.25, -0.2) is 0 Å². The monoisotopic (exact) mass is 282 g/mol. The molecule has 0 saturated heterocycles. The van der Waals surface area contributed by atoms with Gasteiger partial charge in [-0.2, -0.15) is 0 Å². The molecule has 104 valence electrons. The predicted molar refractivity (Wildman–Crippen MR) is 90.6 cm³/mol. The Labute approximate surface area is 126 Å². The first-order valence-corrected chi connectivity index (χ1v) is 8.36. The van der Waals surface area contributed by atoms with Crippen LogP contribution in [0.2, 0.25) is 0 Å². The van der Waals surface area contributed by atoms with E-state index < -0.39 is 0 Å². The van der Waals surface area contributed by atoms with E-state index in [9.17, 15) is 0 Å². The van der Waals surface area contributed by atoms with Crippen molar-refractivity contribution in [3.8, 4) is 0 Å². The van der Waals surface area contributed by atoms with E-state index in [0.717, 1.165) is 0 Å². The summed E-state index contributed by atoms with van der Waals surface area (Å²) in [6, 6.07) is 10.8. The molecule has 2 aliphatic rings. The van der Waals surface area contributed by atoms with E-state index in [2.05, 4.69) is 81.9 Å². The summed E-state index contributed by atoms with van der Waals surface area (Å²) < 4.78 is 0. The van der Waals surface area contributed by atoms with E-state index in [4.69, 9.17) is 0 Å². The minimum Gasteiger partial charge on any atom is -0.117 e. The van der Waals surface area contributed by atoms with Gasteiger partial charge in [0, 0.05) is 10.2 Å². The summed E-state index contributed by atoms with van der Waals surface area (Å²) in [6.07, 6.45) is 4.89. The molecule has 1 unspecified atom stereocenters. The molecular formula is C19H22S. The lowest BCUT2D eigenvalue weighted by molar-refractivity contribution is 0.681. The van der Waals surface area contributed by atoms with Crippen molar-refractivity contribution < 1.29 is 0 Å². The zero-order valence-corrected chi connectivity index (χ0v) is 13.5. The average molecular weight is 282 g/mol. The van der Waals surface area contributed by atoms with Crippen LogP contribution in [0.15, 0.2) is 58.5 Å². The molecule has 0 saturated carbocycles. The Morgan fingerprint density at radius 2 is 1.65 bits per heavy atom. The molecule has 0 fully saturated rings.